The number of esters is 2. The Bertz CT molecular complexity index is 603. The summed E-state index contributed by atoms with van der Waals surface area (Å²) >= 11 is 0. The van der Waals surface area contributed by atoms with Crippen molar-refractivity contribution in [1.29, 1.82) is 0 Å². The molecule has 146 valence electrons. The first-order valence-corrected chi connectivity index (χ1v) is 9.28. The standard InChI is InChI=1S/C19H28O7/c1-10(2)15-13(23-11(3)21)8-19(9-20)14(25-19)6-7-18(5)17(26-18)16(15)24-12(4)22/h9-10,13-17H,6-8H2,1-5H3/t13-,14-,15+,16+,17+,18-,19+/m1/s1. The summed E-state index contributed by atoms with van der Waals surface area (Å²) in [4.78, 5) is 35.2. The Hall–Kier alpha value is -1.47. The van der Waals surface area contributed by atoms with Gasteiger partial charge in [-0.05, 0) is 25.7 Å². The Balaban J connectivity index is 1.98. The minimum Gasteiger partial charge on any atom is -0.462 e. The van der Waals surface area contributed by atoms with Crippen molar-refractivity contribution in [1.82, 2.24) is 0 Å². The molecule has 0 amide bonds. The highest BCUT2D eigenvalue weighted by Gasteiger charge is 2.66. The molecule has 0 aromatic rings. The molecule has 2 saturated heterocycles. The fraction of sp³-hybridized carbons (Fsp3) is 0.842. The van der Waals surface area contributed by atoms with E-state index in [9.17, 15) is 14.4 Å². The van der Waals surface area contributed by atoms with Crippen molar-refractivity contribution in [2.75, 3.05) is 0 Å². The largest absolute Gasteiger partial charge is 0.462 e. The number of carbonyl (C=O) groups excluding carboxylic acids is 3. The molecule has 0 aromatic heterocycles. The lowest BCUT2D eigenvalue weighted by atomic mass is 9.76. The van der Waals surface area contributed by atoms with Crippen LogP contribution in [0.2, 0.25) is 0 Å². The van der Waals surface area contributed by atoms with Crippen LogP contribution >= 0.6 is 0 Å². The molecule has 7 atom stereocenters. The van der Waals surface area contributed by atoms with Gasteiger partial charge >= 0.3 is 11.9 Å². The molecular weight excluding hydrogens is 340 g/mol. The number of carbonyl (C=O) groups is 3. The zero-order chi connectivity index (χ0) is 19.3. The van der Waals surface area contributed by atoms with Crippen molar-refractivity contribution in [3.05, 3.63) is 0 Å². The maximum atomic E-state index is 11.8. The highest BCUT2D eigenvalue weighted by molar-refractivity contribution is 5.69. The average molecular weight is 368 g/mol. The van der Waals surface area contributed by atoms with Crippen LogP contribution in [0, 0.1) is 11.8 Å². The topological polar surface area (TPSA) is 94.7 Å². The van der Waals surface area contributed by atoms with Crippen LogP contribution in [-0.2, 0) is 33.3 Å². The summed E-state index contributed by atoms with van der Waals surface area (Å²) in [6, 6.07) is 0. The van der Waals surface area contributed by atoms with Crippen LogP contribution in [0.15, 0.2) is 0 Å². The van der Waals surface area contributed by atoms with Gasteiger partial charge in [0.05, 0.1) is 11.7 Å². The van der Waals surface area contributed by atoms with Gasteiger partial charge in [0.25, 0.3) is 0 Å². The first-order chi connectivity index (χ1) is 12.1. The van der Waals surface area contributed by atoms with Gasteiger partial charge in [0, 0.05) is 26.2 Å². The van der Waals surface area contributed by atoms with Gasteiger partial charge in [-0.3, -0.25) is 9.59 Å². The predicted molar refractivity (Wildman–Crippen MR) is 90.2 cm³/mol. The monoisotopic (exact) mass is 368 g/mol. The third kappa shape index (κ3) is 3.51. The minimum atomic E-state index is -0.924. The Morgan fingerprint density at radius 1 is 1.15 bits per heavy atom. The molecular formula is C19H28O7. The third-order valence-electron chi connectivity index (χ3n) is 5.91. The molecule has 1 saturated carbocycles. The predicted octanol–water partition coefficient (Wildman–Crippen LogP) is 1.80. The fourth-order valence-electron chi connectivity index (χ4n) is 4.49. The van der Waals surface area contributed by atoms with Crippen LogP contribution < -0.4 is 0 Å². The molecule has 0 N–H and O–H groups in total. The Morgan fingerprint density at radius 2 is 1.81 bits per heavy atom. The van der Waals surface area contributed by atoms with Gasteiger partial charge in [-0.15, -0.1) is 0 Å². The van der Waals surface area contributed by atoms with E-state index >= 15 is 0 Å². The number of ether oxygens (including phenoxy) is 4. The van der Waals surface area contributed by atoms with E-state index in [0.717, 1.165) is 12.7 Å². The summed E-state index contributed by atoms with van der Waals surface area (Å²) in [6.45, 7) is 8.67. The summed E-state index contributed by atoms with van der Waals surface area (Å²) in [5.41, 5.74) is -1.35. The number of fused-ring (bicyclic) bond motifs is 2. The molecule has 0 bridgehead atoms. The molecule has 0 spiro atoms. The van der Waals surface area contributed by atoms with Crippen LogP contribution in [0.1, 0.15) is 53.9 Å². The molecule has 3 aliphatic rings. The first-order valence-electron chi connectivity index (χ1n) is 9.28. The lowest BCUT2D eigenvalue weighted by Crippen LogP contribution is -2.47. The summed E-state index contributed by atoms with van der Waals surface area (Å²) in [5.74, 6) is -1.09. The smallest absolute Gasteiger partial charge is 0.303 e. The zero-order valence-electron chi connectivity index (χ0n) is 16.0. The second-order valence-corrected chi connectivity index (χ2v) is 8.32. The lowest BCUT2D eigenvalue weighted by Gasteiger charge is -2.36. The number of rotatable bonds is 4. The second kappa shape index (κ2) is 6.60. The quantitative estimate of drug-likeness (QED) is 0.424. The first kappa shape index (κ1) is 19.3. The average Bonchev–Trinajstić information content (AvgIpc) is 3.38. The van der Waals surface area contributed by atoms with Gasteiger partial charge < -0.3 is 23.7 Å². The van der Waals surface area contributed by atoms with E-state index in [2.05, 4.69) is 0 Å². The zero-order valence-corrected chi connectivity index (χ0v) is 16.0. The van der Waals surface area contributed by atoms with E-state index in [1.807, 2.05) is 20.8 Å². The van der Waals surface area contributed by atoms with E-state index in [-0.39, 0.29) is 30.5 Å². The lowest BCUT2D eigenvalue weighted by molar-refractivity contribution is -0.165. The van der Waals surface area contributed by atoms with Crippen molar-refractivity contribution < 1.29 is 33.3 Å². The molecule has 7 nitrogen and oxygen atoms in total. The van der Waals surface area contributed by atoms with Crippen LogP contribution in [0.25, 0.3) is 0 Å². The van der Waals surface area contributed by atoms with Crippen molar-refractivity contribution >= 4 is 18.2 Å². The molecule has 3 rings (SSSR count). The highest BCUT2D eigenvalue weighted by atomic mass is 16.6. The highest BCUT2D eigenvalue weighted by Crippen LogP contribution is 2.53. The second-order valence-electron chi connectivity index (χ2n) is 8.32. The Labute approximate surface area is 153 Å². The normalized spacial score (nSPS) is 44.3. The molecule has 2 aliphatic heterocycles. The van der Waals surface area contributed by atoms with Gasteiger partial charge in [-0.2, -0.15) is 0 Å². The van der Waals surface area contributed by atoms with E-state index < -0.39 is 35.3 Å². The SMILES string of the molecule is CC(=O)O[C@H]1[C@@H](C(C)C)[C@H](OC(C)=O)C[C@@]2(C=O)O[C@@H]2CC[C@@]2(C)O[C@@H]12. The summed E-state index contributed by atoms with van der Waals surface area (Å²) in [5, 5.41) is 0. The van der Waals surface area contributed by atoms with Crippen molar-refractivity contribution in [2.45, 2.75) is 89.5 Å². The third-order valence-corrected chi connectivity index (χ3v) is 5.91. The van der Waals surface area contributed by atoms with Gasteiger partial charge in [0.2, 0.25) is 0 Å². The van der Waals surface area contributed by atoms with Crippen molar-refractivity contribution in [3.63, 3.8) is 0 Å². The van der Waals surface area contributed by atoms with Gasteiger partial charge in [-0.1, -0.05) is 13.8 Å². The molecule has 2 heterocycles. The van der Waals surface area contributed by atoms with Gasteiger partial charge in [0.15, 0.2) is 11.9 Å². The van der Waals surface area contributed by atoms with E-state index in [0.29, 0.717) is 6.42 Å². The Kier molecular flexibility index (Phi) is 4.90. The molecule has 1 aliphatic carbocycles. The number of epoxide rings is 2. The van der Waals surface area contributed by atoms with Crippen LogP contribution in [0.3, 0.4) is 0 Å². The Morgan fingerprint density at radius 3 is 2.35 bits per heavy atom. The van der Waals surface area contributed by atoms with Gasteiger partial charge in [-0.25, -0.2) is 0 Å². The van der Waals surface area contributed by atoms with Crippen LogP contribution in [-0.4, -0.2) is 53.8 Å². The van der Waals surface area contributed by atoms with E-state index in [1.165, 1.54) is 13.8 Å². The van der Waals surface area contributed by atoms with Crippen molar-refractivity contribution in [3.8, 4) is 0 Å². The number of hydrogen-bond acceptors (Lipinski definition) is 7. The summed E-state index contributed by atoms with van der Waals surface area (Å²) in [7, 11) is 0. The molecule has 7 heteroatoms. The number of hydrogen-bond donors (Lipinski definition) is 0. The summed E-state index contributed by atoms with van der Waals surface area (Å²) in [6.07, 6.45) is 0.916. The number of aldehydes is 1. The minimum absolute atomic E-state index is 0.0393. The fourth-order valence-corrected chi connectivity index (χ4v) is 4.49. The summed E-state index contributed by atoms with van der Waals surface area (Å²) < 4.78 is 23.0. The molecule has 26 heavy (non-hydrogen) atoms. The van der Waals surface area contributed by atoms with Crippen LogP contribution in [0.5, 0.6) is 0 Å². The molecule has 0 radical (unpaired) electrons. The molecule has 0 aromatic carbocycles. The van der Waals surface area contributed by atoms with Gasteiger partial charge in [0.1, 0.15) is 18.3 Å². The van der Waals surface area contributed by atoms with E-state index in [4.69, 9.17) is 18.9 Å². The maximum Gasteiger partial charge on any atom is 0.303 e. The molecule has 0 unspecified atom stereocenters. The van der Waals surface area contributed by atoms with Crippen LogP contribution in [0.4, 0.5) is 0 Å². The molecule has 3 fully saturated rings. The maximum absolute atomic E-state index is 11.8. The van der Waals surface area contributed by atoms with E-state index in [1.54, 1.807) is 0 Å². The van der Waals surface area contributed by atoms with Crippen molar-refractivity contribution in [2.24, 2.45) is 11.8 Å².